The number of nitrogens with one attached hydrogen (secondary N) is 2. The highest BCUT2D eigenvalue weighted by Crippen LogP contribution is 2.40. The molecule has 8 nitrogen and oxygen atoms in total. The Labute approximate surface area is 185 Å². The lowest BCUT2D eigenvalue weighted by Gasteiger charge is -2.18. The fourth-order valence-electron chi connectivity index (χ4n) is 3.01. The standard InChI is InChI=1S/C21H18F2N6O2S/c1-21(2,31)10-7-12(22)18(13(23)8-10)16-9-11(19(24)30)20(32-16)26-17-4-3-14(28-29-17)15-5-6-25-27-15/h3-9,31H,1-2H3,(H2,24,30)(H,25,27)(H,26,29). The van der Waals surface area contributed by atoms with Crippen LogP contribution in [0, 0.1) is 11.6 Å². The van der Waals surface area contributed by atoms with Crippen molar-refractivity contribution in [1.29, 1.82) is 0 Å². The lowest BCUT2D eigenvalue weighted by molar-refractivity contribution is 0.0778. The molecule has 0 unspecified atom stereocenters. The van der Waals surface area contributed by atoms with E-state index in [1.807, 2.05) is 0 Å². The smallest absolute Gasteiger partial charge is 0.251 e. The summed E-state index contributed by atoms with van der Waals surface area (Å²) in [5.74, 6) is -2.20. The summed E-state index contributed by atoms with van der Waals surface area (Å²) >= 11 is 0.941. The zero-order valence-corrected chi connectivity index (χ0v) is 17.8. The predicted octanol–water partition coefficient (Wildman–Crippen LogP) is 3.94. The highest BCUT2D eigenvalue weighted by atomic mass is 32.1. The second kappa shape index (κ2) is 8.09. The molecule has 4 aromatic rings. The number of primary amides is 1. The lowest BCUT2D eigenvalue weighted by atomic mass is 9.96. The third kappa shape index (κ3) is 4.20. The third-order valence-electron chi connectivity index (χ3n) is 4.68. The molecule has 1 amide bonds. The topological polar surface area (TPSA) is 130 Å². The van der Waals surface area contributed by atoms with E-state index in [1.165, 1.54) is 19.9 Å². The van der Waals surface area contributed by atoms with Crippen LogP contribution in [0.4, 0.5) is 19.6 Å². The maximum absolute atomic E-state index is 14.8. The Morgan fingerprint density at radius 3 is 2.41 bits per heavy atom. The number of amides is 1. The van der Waals surface area contributed by atoms with Crippen LogP contribution in [-0.2, 0) is 5.60 Å². The van der Waals surface area contributed by atoms with E-state index in [0.717, 1.165) is 23.5 Å². The van der Waals surface area contributed by atoms with Crippen molar-refractivity contribution in [1.82, 2.24) is 20.4 Å². The SMILES string of the molecule is CC(C)(O)c1cc(F)c(-c2cc(C(N)=O)c(Nc3ccc(-c4ccn[nH]4)nn3)s2)c(F)c1. The van der Waals surface area contributed by atoms with Gasteiger partial charge in [0.25, 0.3) is 5.91 Å². The molecule has 3 aromatic heterocycles. The van der Waals surface area contributed by atoms with Crippen molar-refractivity contribution in [2.24, 2.45) is 5.73 Å². The Kier molecular flexibility index (Phi) is 5.45. The average Bonchev–Trinajstić information content (AvgIpc) is 3.38. The summed E-state index contributed by atoms with van der Waals surface area (Å²) in [6.45, 7) is 2.86. The summed E-state index contributed by atoms with van der Waals surface area (Å²) < 4.78 is 29.5. The number of hydrogen-bond donors (Lipinski definition) is 4. The molecule has 0 aliphatic carbocycles. The number of aromatic amines is 1. The normalized spacial score (nSPS) is 11.5. The van der Waals surface area contributed by atoms with Gasteiger partial charge in [0.05, 0.1) is 22.4 Å². The van der Waals surface area contributed by atoms with Crippen molar-refractivity contribution in [3.05, 3.63) is 65.4 Å². The molecule has 164 valence electrons. The van der Waals surface area contributed by atoms with Crippen LogP contribution in [0.25, 0.3) is 21.8 Å². The van der Waals surface area contributed by atoms with Crippen LogP contribution in [-0.4, -0.2) is 31.4 Å². The van der Waals surface area contributed by atoms with Crippen LogP contribution in [0.5, 0.6) is 0 Å². The first-order chi connectivity index (χ1) is 15.1. The number of carbonyl (C=O) groups excluding carboxylic acids is 1. The van der Waals surface area contributed by atoms with Gasteiger partial charge in [0.1, 0.15) is 22.3 Å². The number of halogens is 2. The van der Waals surface area contributed by atoms with Gasteiger partial charge in [-0.2, -0.15) is 5.10 Å². The number of aromatic nitrogens is 4. The molecule has 1 aromatic carbocycles. The lowest BCUT2D eigenvalue weighted by Crippen LogP contribution is -2.16. The van der Waals surface area contributed by atoms with Gasteiger partial charge in [-0.1, -0.05) is 0 Å². The molecule has 0 aliphatic rings. The van der Waals surface area contributed by atoms with E-state index in [0.29, 0.717) is 17.2 Å². The summed E-state index contributed by atoms with van der Waals surface area (Å²) in [5, 5.41) is 28.0. The number of nitrogens with two attached hydrogens (primary N) is 1. The summed E-state index contributed by atoms with van der Waals surface area (Å²) in [5.41, 5.74) is 5.11. The van der Waals surface area contributed by atoms with Crippen molar-refractivity contribution in [3.8, 4) is 21.8 Å². The molecular weight excluding hydrogens is 438 g/mol. The van der Waals surface area contributed by atoms with Gasteiger partial charge >= 0.3 is 0 Å². The molecule has 0 atom stereocenters. The molecule has 0 fully saturated rings. The van der Waals surface area contributed by atoms with Crippen molar-refractivity contribution >= 4 is 28.1 Å². The molecule has 0 spiro atoms. The van der Waals surface area contributed by atoms with E-state index in [4.69, 9.17) is 5.73 Å². The fourth-order valence-corrected chi connectivity index (χ4v) is 4.13. The highest BCUT2D eigenvalue weighted by molar-refractivity contribution is 7.20. The van der Waals surface area contributed by atoms with E-state index < -0.39 is 23.1 Å². The van der Waals surface area contributed by atoms with Gasteiger partial charge in [0, 0.05) is 11.1 Å². The van der Waals surface area contributed by atoms with Crippen molar-refractivity contribution in [2.45, 2.75) is 19.4 Å². The number of carbonyl (C=O) groups is 1. The molecule has 0 radical (unpaired) electrons. The van der Waals surface area contributed by atoms with E-state index in [2.05, 4.69) is 25.7 Å². The average molecular weight is 456 g/mol. The number of thiophene rings is 1. The van der Waals surface area contributed by atoms with Crippen LogP contribution < -0.4 is 11.1 Å². The number of aliphatic hydroxyl groups is 1. The van der Waals surface area contributed by atoms with Gasteiger partial charge in [-0.15, -0.1) is 21.5 Å². The monoisotopic (exact) mass is 456 g/mol. The van der Waals surface area contributed by atoms with Gasteiger partial charge < -0.3 is 16.2 Å². The fraction of sp³-hybridized carbons (Fsp3) is 0.143. The summed E-state index contributed by atoms with van der Waals surface area (Å²) in [6.07, 6.45) is 1.59. The van der Waals surface area contributed by atoms with Gasteiger partial charge in [0.2, 0.25) is 0 Å². The zero-order valence-electron chi connectivity index (χ0n) is 17.0. The maximum Gasteiger partial charge on any atom is 0.251 e. The maximum atomic E-state index is 14.8. The van der Waals surface area contributed by atoms with E-state index in [9.17, 15) is 18.7 Å². The van der Waals surface area contributed by atoms with Crippen molar-refractivity contribution in [3.63, 3.8) is 0 Å². The first kappa shape index (κ1) is 21.5. The van der Waals surface area contributed by atoms with E-state index >= 15 is 0 Å². The van der Waals surface area contributed by atoms with Gasteiger partial charge in [-0.05, 0) is 55.8 Å². The first-order valence-corrected chi connectivity index (χ1v) is 10.2. The Morgan fingerprint density at radius 2 is 1.88 bits per heavy atom. The zero-order chi connectivity index (χ0) is 23.0. The van der Waals surface area contributed by atoms with Crippen molar-refractivity contribution in [2.75, 3.05) is 5.32 Å². The van der Waals surface area contributed by atoms with Gasteiger partial charge in [-0.3, -0.25) is 9.89 Å². The van der Waals surface area contributed by atoms with Crippen LogP contribution in [0.15, 0.2) is 42.6 Å². The van der Waals surface area contributed by atoms with Crippen LogP contribution in [0.1, 0.15) is 29.8 Å². The molecule has 0 bridgehead atoms. The quantitative estimate of drug-likeness (QED) is 0.348. The molecule has 32 heavy (non-hydrogen) atoms. The Hall–Kier alpha value is -3.70. The minimum absolute atomic E-state index is 0.0507. The molecule has 3 heterocycles. The van der Waals surface area contributed by atoms with Crippen LogP contribution in [0.3, 0.4) is 0 Å². The number of anilines is 2. The number of H-pyrrole nitrogens is 1. The van der Waals surface area contributed by atoms with E-state index in [1.54, 1.807) is 24.4 Å². The minimum Gasteiger partial charge on any atom is -0.386 e. The third-order valence-corrected chi connectivity index (χ3v) is 5.74. The molecular formula is C21H18F2N6O2S. The number of hydrogen-bond acceptors (Lipinski definition) is 7. The summed E-state index contributed by atoms with van der Waals surface area (Å²) in [6, 6.07) is 8.50. The Morgan fingerprint density at radius 1 is 1.16 bits per heavy atom. The van der Waals surface area contributed by atoms with E-state index in [-0.39, 0.29) is 26.6 Å². The first-order valence-electron chi connectivity index (χ1n) is 9.40. The number of nitrogens with zero attached hydrogens (tertiary/aromatic N) is 3. The Balaban J connectivity index is 1.69. The summed E-state index contributed by atoms with van der Waals surface area (Å²) in [4.78, 5) is 12.1. The molecule has 0 saturated heterocycles. The molecule has 4 rings (SSSR count). The number of rotatable bonds is 6. The second-order valence-electron chi connectivity index (χ2n) is 7.49. The second-order valence-corrected chi connectivity index (χ2v) is 8.54. The molecule has 0 aliphatic heterocycles. The summed E-state index contributed by atoms with van der Waals surface area (Å²) in [7, 11) is 0. The van der Waals surface area contributed by atoms with Crippen LogP contribution in [0.2, 0.25) is 0 Å². The molecule has 5 N–H and O–H groups in total. The highest BCUT2D eigenvalue weighted by Gasteiger charge is 2.24. The van der Waals surface area contributed by atoms with Crippen LogP contribution >= 0.6 is 11.3 Å². The molecule has 0 saturated carbocycles. The molecule has 11 heteroatoms. The largest absolute Gasteiger partial charge is 0.386 e. The van der Waals surface area contributed by atoms with Gasteiger partial charge in [-0.25, -0.2) is 8.78 Å². The van der Waals surface area contributed by atoms with Crippen molar-refractivity contribution < 1.29 is 18.7 Å². The Bertz CT molecular complexity index is 1260. The minimum atomic E-state index is -1.41. The predicted molar refractivity (Wildman–Crippen MR) is 116 cm³/mol. The van der Waals surface area contributed by atoms with Gasteiger partial charge in [0.15, 0.2) is 5.82 Å². The number of benzene rings is 1.